The number of benzene rings is 2. The number of hydrazone groups is 1. The molecule has 0 spiro atoms. The quantitative estimate of drug-likeness (QED) is 0.926. The third kappa shape index (κ3) is 2.21. The van der Waals surface area contributed by atoms with Crippen LogP contribution in [0.3, 0.4) is 0 Å². The number of amidine groups is 1. The Morgan fingerprint density at radius 1 is 0.950 bits per heavy atom. The first-order valence-electron chi connectivity index (χ1n) is 6.32. The Kier molecular flexibility index (Phi) is 3.09. The molecule has 5 heteroatoms. The Hall–Kier alpha value is -2.82. The second-order valence-electron chi connectivity index (χ2n) is 4.39. The molecule has 0 aliphatic carbocycles. The van der Waals surface area contributed by atoms with Crippen LogP contribution in [-0.2, 0) is 4.79 Å². The second kappa shape index (κ2) is 5.05. The van der Waals surface area contributed by atoms with Gasteiger partial charge in [-0.1, -0.05) is 36.4 Å². The third-order valence-electron chi connectivity index (χ3n) is 2.92. The first-order valence-corrected chi connectivity index (χ1v) is 6.32. The number of rotatable bonds is 3. The zero-order valence-electron chi connectivity index (χ0n) is 11.0. The van der Waals surface area contributed by atoms with Crippen molar-refractivity contribution in [3.05, 3.63) is 60.7 Å². The second-order valence-corrected chi connectivity index (χ2v) is 4.39. The van der Waals surface area contributed by atoms with E-state index in [0.717, 1.165) is 11.4 Å². The summed E-state index contributed by atoms with van der Waals surface area (Å²) in [6, 6.07) is 19.4. The Labute approximate surface area is 117 Å². The molecule has 0 bridgehead atoms. The molecule has 0 aromatic heterocycles. The number of nitrogens with zero attached hydrogens (tertiary/aromatic N) is 3. The average molecular weight is 266 g/mol. The summed E-state index contributed by atoms with van der Waals surface area (Å²) in [5.74, 6) is 0.210. The van der Waals surface area contributed by atoms with E-state index in [9.17, 15) is 4.79 Å². The predicted molar refractivity (Wildman–Crippen MR) is 79.1 cm³/mol. The molecule has 0 saturated heterocycles. The van der Waals surface area contributed by atoms with Crippen LogP contribution in [0.4, 0.5) is 11.4 Å². The molecule has 0 fully saturated rings. The summed E-state index contributed by atoms with van der Waals surface area (Å²) >= 11 is 0. The maximum atomic E-state index is 11.6. The number of Topliss-reactive ketones (excluding diaryl/α,β-unsaturated/α-hetero) is 1. The van der Waals surface area contributed by atoms with E-state index in [-0.39, 0.29) is 5.78 Å². The van der Waals surface area contributed by atoms with Crippen LogP contribution in [0.2, 0.25) is 0 Å². The molecule has 1 N–H and O–H groups in total. The molecule has 1 aliphatic heterocycles. The van der Waals surface area contributed by atoms with E-state index in [1.807, 2.05) is 60.7 Å². The van der Waals surface area contributed by atoms with E-state index < -0.39 is 0 Å². The van der Waals surface area contributed by atoms with Crippen molar-refractivity contribution < 1.29 is 4.79 Å². The van der Waals surface area contributed by atoms with Crippen molar-refractivity contribution in [3.63, 3.8) is 0 Å². The lowest BCUT2D eigenvalue weighted by Crippen LogP contribution is -2.45. The van der Waals surface area contributed by atoms with Gasteiger partial charge < -0.3 is 0 Å². The van der Waals surface area contributed by atoms with Gasteiger partial charge >= 0.3 is 0 Å². The lowest BCUT2D eigenvalue weighted by Gasteiger charge is -2.27. The highest BCUT2D eigenvalue weighted by molar-refractivity contribution is 6.38. The van der Waals surface area contributed by atoms with E-state index in [0.29, 0.717) is 5.84 Å². The van der Waals surface area contributed by atoms with Crippen LogP contribution < -0.4 is 15.7 Å². The van der Waals surface area contributed by atoms with E-state index >= 15 is 0 Å². The van der Waals surface area contributed by atoms with Gasteiger partial charge in [0.05, 0.1) is 11.4 Å². The minimum absolute atomic E-state index is 0.107. The molecule has 1 aliphatic rings. The van der Waals surface area contributed by atoms with Crippen LogP contribution in [0.1, 0.15) is 6.92 Å². The predicted octanol–water partition coefficient (Wildman–Crippen LogP) is 2.34. The molecule has 1 heterocycles. The number of nitrogens with one attached hydrogen (secondary N) is 1. The number of hydrogen-bond donors (Lipinski definition) is 1. The Bertz CT molecular complexity index is 639. The standard InChI is InChI=1S/C15H14N4O/c1-12(20)15-16-18(13-8-4-2-5-9-13)19(17-15)14-10-6-3-7-11-14/h2-11H,1H3,(H,16,17). The normalized spacial score (nSPS) is 13.9. The van der Waals surface area contributed by atoms with Gasteiger partial charge in [0, 0.05) is 6.92 Å². The largest absolute Gasteiger partial charge is 0.291 e. The minimum atomic E-state index is -0.107. The van der Waals surface area contributed by atoms with E-state index in [2.05, 4.69) is 10.5 Å². The Morgan fingerprint density at radius 2 is 1.50 bits per heavy atom. The summed E-state index contributed by atoms with van der Waals surface area (Å²) in [6.07, 6.45) is 0. The zero-order valence-corrected chi connectivity index (χ0v) is 11.0. The zero-order chi connectivity index (χ0) is 13.9. The number of hydrogen-bond acceptors (Lipinski definition) is 5. The van der Waals surface area contributed by atoms with Gasteiger partial charge in [-0.25, -0.2) is 0 Å². The number of hydrazine groups is 2. The van der Waals surface area contributed by atoms with Gasteiger partial charge in [0.15, 0.2) is 5.78 Å². The summed E-state index contributed by atoms with van der Waals surface area (Å²) < 4.78 is 0. The summed E-state index contributed by atoms with van der Waals surface area (Å²) in [7, 11) is 0. The number of carbonyl (C=O) groups is 1. The fraction of sp³-hybridized carbons (Fsp3) is 0.0667. The Balaban J connectivity index is 2.00. The van der Waals surface area contributed by atoms with E-state index in [1.165, 1.54) is 6.92 Å². The smallest absolute Gasteiger partial charge is 0.211 e. The highest BCUT2D eigenvalue weighted by atomic mass is 16.1. The number of carbonyl (C=O) groups excluding carboxylic acids is 1. The van der Waals surface area contributed by atoms with Crippen molar-refractivity contribution in [2.45, 2.75) is 6.92 Å². The van der Waals surface area contributed by atoms with Gasteiger partial charge in [0.25, 0.3) is 0 Å². The molecular weight excluding hydrogens is 252 g/mol. The van der Waals surface area contributed by atoms with E-state index in [1.54, 1.807) is 10.2 Å². The van der Waals surface area contributed by atoms with Crippen molar-refractivity contribution >= 4 is 23.0 Å². The summed E-state index contributed by atoms with van der Waals surface area (Å²) in [4.78, 5) is 11.6. The van der Waals surface area contributed by atoms with Gasteiger partial charge in [0.2, 0.25) is 5.84 Å². The van der Waals surface area contributed by atoms with Crippen LogP contribution in [0, 0.1) is 0 Å². The van der Waals surface area contributed by atoms with Crippen LogP contribution >= 0.6 is 0 Å². The van der Waals surface area contributed by atoms with Crippen LogP contribution in [-0.4, -0.2) is 11.6 Å². The lowest BCUT2D eigenvalue weighted by atomic mass is 10.3. The molecule has 2 aromatic rings. The highest BCUT2D eigenvalue weighted by Gasteiger charge is 2.27. The van der Waals surface area contributed by atoms with Crippen molar-refractivity contribution in [3.8, 4) is 0 Å². The molecule has 0 radical (unpaired) electrons. The maximum absolute atomic E-state index is 11.6. The number of para-hydroxylation sites is 2. The highest BCUT2D eigenvalue weighted by Crippen LogP contribution is 2.24. The average Bonchev–Trinajstić information content (AvgIpc) is 2.94. The maximum Gasteiger partial charge on any atom is 0.211 e. The topological polar surface area (TPSA) is 47.9 Å². The fourth-order valence-corrected chi connectivity index (χ4v) is 1.94. The third-order valence-corrected chi connectivity index (χ3v) is 2.92. The van der Waals surface area contributed by atoms with Crippen molar-refractivity contribution in [2.75, 3.05) is 10.2 Å². The lowest BCUT2D eigenvalue weighted by molar-refractivity contribution is -0.111. The van der Waals surface area contributed by atoms with Gasteiger partial charge in [-0.2, -0.15) is 10.2 Å². The molecular formula is C15H14N4O. The fourth-order valence-electron chi connectivity index (χ4n) is 1.94. The molecule has 5 nitrogen and oxygen atoms in total. The SMILES string of the molecule is CC(=O)C1=NN(c2ccccc2)N(c2ccccc2)N1. The monoisotopic (exact) mass is 266 g/mol. The molecule has 100 valence electrons. The van der Waals surface area contributed by atoms with Crippen molar-refractivity contribution in [1.29, 1.82) is 0 Å². The van der Waals surface area contributed by atoms with Crippen LogP contribution in [0.5, 0.6) is 0 Å². The summed E-state index contributed by atoms with van der Waals surface area (Å²) in [5.41, 5.74) is 4.79. The molecule has 2 aromatic carbocycles. The molecule has 20 heavy (non-hydrogen) atoms. The summed E-state index contributed by atoms with van der Waals surface area (Å²) in [6.45, 7) is 1.49. The molecule has 0 amide bonds. The van der Waals surface area contributed by atoms with Gasteiger partial charge in [-0.15, -0.1) is 5.10 Å². The van der Waals surface area contributed by atoms with Gasteiger partial charge in [0.1, 0.15) is 0 Å². The molecule has 0 saturated carbocycles. The molecule has 3 rings (SSSR count). The van der Waals surface area contributed by atoms with E-state index in [4.69, 9.17) is 0 Å². The number of anilines is 2. The van der Waals surface area contributed by atoms with Gasteiger partial charge in [-0.3, -0.25) is 10.2 Å². The van der Waals surface area contributed by atoms with Crippen molar-refractivity contribution in [2.24, 2.45) is 5.10 Å². The molecule has 0 atom stereocenters. The van der Waals surface area contributed by atoms with Gasteiger partial charge in [-0.05, 0) is 24.3 Å². The van der Waals surface area contributed by atoms with Crippen LogP contribution in [0.15, 0.2) is 65.8 Å². The Morgan fingerprint density at radius 3 is 2.05 bits per heavy atom. The summed E-state index contributed by atoms with van der Waals surface area (Å²) in [5, 5.41) is 7.75. The molecule has 0 unspecified atom stereocenters. The van der Waals surface area contributed by atoms with Crippen molar-refractivity contribution in [1.82, 2.24) is 5.43 Å². The first kappa shape index (κ1) is 12.2. The van der Waals surface area contributed by atoms with Crippen LogP contribution in [0.25, 0.3) is 0 Å². The minimum Gasteiger partial charge on any atom is -0.291 e. The first-order chi connectivity index (χ1) is 9.75. The number of ketones is 1.